The predicted octanol–water partition coefficient (Wildman–Crippen LogP) is 0.0167. The average Bonchev–Trinajstić information content (AvgIpc) is 3.08. The molecule has 1 amide bonds. The van der Waals surface area contributed by atoms with Crippen LogP contribution in [-0.4, -0.2) is 45.7 Å². The Labute approximate surface area is 112 Å². The fourth-order valence-electron chi connectivity index (χ4n) is 1.38. The molecule has 0 saturated heterocycles. The number of rotatable bonds is 5. The van der Waals surface area contributed by atoms with Gasteiger partial charge in [-0.2, -0.15) is 4.68 Å². The number of amides is 1. The molecule has 2 rings (SSSR count). The van der Waals surface area contributed by atoms with Gasteiger partial charge in [0, 0.05) is 6.54 Å². The smallest absolute Gasteiger partial charge is 0.307 e. The molecular formula is C10H11N5O3S. The molecule has 0 radical (unpaired) electrons. The molecule has 2 heterocycles. The molecule has 19 heavy (non-hydrogen) atoms. The molecule has 2 aromatic rings. The van der Waals surface area contributed by atoms with Crippen molar-refractivity contribution >= 4 is 23.2 Å². The highest BCUT2D eigenvalue weighted by atomic mass is 32.1. The first-order valence-electron chi connectivity index (χ1n) is 5.38. The Morgan fingerprint density at radius 1 is 1.53 bits per heavy atom. The van der Waals surface area contributed by atoms with Crippen LogP contribution in [0.25, 0.3) is 5.69 Å². The van der Waals surface area contributed by atoms with Crippen molar-refractivity contribution in [2.45, 2.75) is 6.42 Å². The lowest BCUT2D eigenvalue weighted by atomic mass is 10.3. The predicted molar refractivity (Wildman–Crippen MR) is 66.0 cm³/mol. The standard InChI is InChI=1S/C10H11N5O3S/c1-18-8(16)2-4-11-10(17)9-7(3-5-19-9)15-6-12-13-14-15/h3,5-6H,2,4H2,1H3,(H,11,17). The molecule has 0 spiro atoms. The van der Waals surface area contributed by atoms with E-state index in [1.165, 1.54) is 29.5 Å². The molecule has 0 atom stereocenters. The molecule has 0 aromatic carbocycles. The number of carbonyl (C=O) groups excluding carboxylic acids is 2. The molecule has 9 heteroatoms. The van der Waals surface area contributed by atoms with E-state index in [0.717, 1.165) is 0 Å². The Bertz CT molecular complexity index is 565. The van der Waals surface area contributed by atoms with Gasteiger partial charge >= 0.3 is 5.97 Å². The molecule has 1 N–H and O–H groups in total. The van der Waals surface area contributed by atoms with Crippen molar-refractivity contribution in [3.05, 3.63) is 22.7 Å². The van der Waals surface area contributed by atoms with E-state index >= 15 is 0 Å². The first-order chi connectivity index (χ1) is 9.22. The van der Waals surface area contributed by atoms with Crippen LogP contribution in [0.2, 0.25) is 0 Å². The highest BCUT2D eigenvalue weighted by Gasteiger charge is 2.15. The van der Waals surface area contributed by atoms with Gasteiger partial charge in [0.25, 0.3) is 5.91 Å². The minimum Gasteiger partial charge on any atom is -0.469 e. The topological polar surface area (TPSA) is 99.0 Å². The fourth-order valence-corrected chi connectivity index (χ4v) is 2.18. The molecular weight excluding hydrogens is 270 g/mol. The highest BCUT2D eigenvalue weighted by Crippen LogP contribution is 2.19. The maximum absolute atomic E-state index is 12.0. The number of methoxy groups -OCH3 is 1. The third kappa shape index (κ3) is 3.13. The fraction of sp³-hybridized carbons (Fsp3) is 0.300. The van der Waals surface area contributed by atoms with E-state index in [9.17, 15) is 9.59 Å². The van der Waals surface area contributed by atoms with E-state index in [-0.39, 0.29) is 24.8 Å². The van der Waals surface area contributed by atoms with Gasteiger partial charge in [0.05, 0.1) is 19.2 Å². The van der Waals surface area contributed by atoms with Crippen molar-refractivity contribution in [1.82, 2.24) is 25.5 Å². The normalized spacial score (nSPS) is 10.2. The van der Waals surface area contributed by atoms with Gasteiger partial charge in [0.15, 0.2) is 0 Å². The zero-order valence-corrected chi connectivity index (χ0v) is 10.9. The van der Waals surface area contributed by atoms with Gasteiger partial charge in [-0.3, -0.25) is 9.59 Å². The van der Waals surface area contributed by atoms with E-state index < -0.39 is 0 Å². The van der Waals surface area contributed by atoms with Gasteiger partial charge in [-0.15, -0.1) is 16.4 Å². The van der Waals surface area contributed by atoms with Crippen molar-refractivity contribution in [3.8, 4) is 5.69 Å². The summed E-state index contributed by atoms with van der Waals surface area (Å²) in [5.41, 5.74) is 0.602. The Morgan fingerprint density at radius 3 is 3.05 bits per heavy atom. The zero-order chi connectivity index (χ0) is 13.7. The number of thiophene rings is 1. The third-order valence-corrected chi connectivity index (χ3v) is 3.19. The Balaban J connectivity index is 2.00. The van der Waals surface area contributed by atoms with Crippen molar-refractivity contribution < 1.29 is 14.3 Å². The summed E-state index contributed by atoms with van der Waals surface area (Å²) in [4.78, 5) is 23.4. The molecule has 2 aromatic heterocycles. The van der Waals surface area contributed by atoms with E-state index in [1.54, 1.807) is 11.4 Å². The maximum Gasteiger partial charge on any atom is 0.307 e. The third-order valence-electron chi connectivity index (χ3n) is 2.29. The zero-order valence-electron chi connectivity index (χ0n) is 10.1. The molecule has 0 saturated carbocycles. The maximum atomic E-state index is 12.0. The second kappa shape index (κ2) is 6.05. The number of esters is 1. The summed E-state index contributed by atoms with van der Waals surface area (Å²) < 4.78 is 5.90. The number of ether oxygens (including phenoxy) is 1. The summed E-state index contributed by atoms with van der Waals surface area (Å²) >= 11 is 1.28. The minimum atomic E-state index is -0.368. The van der Waals surface area contributed by atoms with Gasteiger partial charge < -0.3 is 10.1 Å². The Morgan fingerprint density at radius 2 is 2.37 bits per heavy atom. The van der Waals surface area contributed by atoms with Gasteiger partial charge in [-0.1, -0.05) is 0 Å². The molecule has 0 bridgehead atoms. The van der Waals surface area contributed by atoms with Crippen molar-refractivity contribution in [1.29, 1.82) is 0 Å². The molecule has 100 valence electrons. The second-order valence-corrected chi connectivity index (χ2v) is 4.39. The number of hydrogen-bond acceptors (Lipinski definition) is 7. The van der Waals surface area contributed by atoms with Crippen LogP contribution < -0.4 is 5.32 Å². The van der Waals surface area contributed by atoms with Gasteiger partial charge in [-0.25, -0.2) is 0 Å². The van der Waals surface area contributed by atoms with Crippen molar-refractivity contribution in [3.63, 3.8) is 0 Å². The molecule has 0 aliphatic carbocycles. The lowest BCUT2D eigenvalue weighted by Gasteiger charge is -2.04. The average molecular weight is 281 g/mol. The summed E-state index contributed by atoms with van der Waals surface area (Å²) in [5, 5.41) is 15.2. The molecule has 0 unspecified atom stereocenters. The van der Waals surface area contributed by atoms with Crippen LogP contribution in [0.5, 0.6) is 0 Å². The molecule has 0 fully saturated rings. The SMILES string of the molecule is COC(=O)CCNC(=O)c1sccc1-n1cnnn1. The highest BCUT2D eigenvalue weighted by molar-refractivity contribution is 7.12. The lowest BCUT2D eigenvalue weighted by Crippen LogP contribution is -2.26. The molecule has 8 nitrogen and oxygen atoms in total. The van der Waals surface area contributed by atoms with E-state index in [1.807, 2.05) is 0 Å². The number of carbonyl (C=O) groups is 2. The number of nitrogens with one attached hydrogen (secondary N) is 1. The minimum absolute atomic E-state index is 0.133. The summed E-state index contributed by atoms with van der Waals surface area (Å²) in [5.74, 6) is -0.642. The number of tetrazole rings is 1. The number of nitrogens with zero attached hydrogens (tertiary/aromatic N) is 4. The molecule has 0 aliphatic heterocycles. The lowest BCUT2D eigenvalue weighted by molar-refractivity contribution is -0.140. The first-order valence-corrected chi connectivity index (χ1v) is 6.26. The van der Waals surface area contributed by atoms with Crippen molar-refractivity contribution in [2.24, 2.45) is 0 Å². The van der Waals surface area contributed by atoms with Crippen LogP contribution in [-0.2, 0) is 9.53 Å². The summed E-state index contributed by atoms with van der Waals surface area (Å²) in [6.07, 6.45) is 1.54. The van der Waals surface area contributed by atoms with Crippen LogP contribution in [0.1, 0.15) is 16.1 Å². The number of aromatic nitrogens is 4. The van der Waals surface area contributed by atoms with Gasteiger partial charge in [0.2, 0.25) is 0 Å². The summed E-state index contributed by atoms with van der Waals surface area (Å²) in [7, 11) is 1.30. The van der Waals surface area contributed by atoms with E-state index in [0.29, 0.717) is 10.6 Å². The second-order valence-electron chi connectivity index (χ2n) is 3.47. The quantitative estimate of drug-likeness (QED) is 0.775. The Hall–Kier alpha value is -2.29. The summed E-state index contributed by atoms with van der Waals surface area (Å²) in [6, 6.07) is 1.75. The largest absolute Gasteiger partial charge is 0.469 e. The van der Waals surface area contributed by atoms with E-state index in [2.05, 4.69) is 25.6 Å². The van der Waals surface area contributed by atoms with Crippen LogP contribution in [0, 0.1) is 0 Å². The van der Waals surface area contributed by atoms with Gasteiger partial charge in [-0.05, 0) is 21.9 Å². The van der Waals surface area contributed by atoms with Gasteiger partial charge in [0.1, 0.15) is 11.2 Å². The summed E-state index contributed by atoms with van der Waals surface area (Å²) in [6.45, 7) is 0.221. The van der Waals surface area contributed by atoms with E-state index in [4.69, 9.17) is 0 Å². The van der Waals surface area contributed by atoms with Crippen LogP contribution in [0.4, 0.5) is 0 Å². The van der Waals surface area contributed by atoms with Crippen molar-refractivity contribution in [2.75, 3.05) is 13.7 Å². The van der Waals surface area contributed by atoms with Crippen LogP contribution >= 0.6 is 11.3 Å². The first kappa shape index (κ1) is 13.1. The monoisotopic (exact) mass is 281 g/mol. The van der Waals surface area contributed by atoms with Crippen LogP contribution in [0.3, 0.4) is 0 Å². The number of hydrogen-bond donors (Lipinski definition) is 1. The Kier molecular flexibility index (Phi) is 4.18. The van der Waals surface area contributed by atoms with Crippen LogP contribution in [0.15, 0.2) is 17.8 Å². The molecule has 0 aliphatic rings.